The standard InChI is InChI=1S/C26H46O4/c1-16(2)29-15-26(30-17(3)4)14-25-11-10-20-23(5,6)22(28)19(27)13-24(20,7)21(25)9-8-18(26)12-25/h16-22,27-28H,8-15H2,1-7H3/t18-,19-,20+,21-,22-,24+,25+,26+/m1/s1. The number of rotatable bonds is 5. The van der Waals surface area contributed by atoms with Gasteiger partial charge in [-0.3, -0.25) is 0 Å². The number of aliphatic hydroxyl groups excluding tert-OH is 2. The maximum absolute atomic E-state index is 10.8. The molecule has 174 valence electrons. The van der Waals surface area contributed by atoms with E-state index in [9.17, 15) is 10.2 Å². The molecule has 4 saturated carbocycles. The van der Waals surface area contributed by atoms with Crippen molar-refractivity contribution in [1.82, 2.24) is 0 Å². The third kappa shape index (κ3) is 3.31. The fourth-order valence-electron chi connectivity index (χ4n) is 9.08. The molecule has 0 amide bonds. The Balaban J connectivity index is 1.68. The van der Waals surface area contributed by atoms with Gasteiger partial charge in [0.05, 0.1) is 36.6 Å². The molecule has 2 N–H and O–H groups in total. The summed E-state index contributed by atoms with van der Waals surface area (Å²) in [5, 5.41) is 21.6. The normalized spacial score (nSPS) is 49.9. The number of ether oxygens (including phenoxy) is 2. The average Bonchev–Trinajstić information content (AvgIpc) is 2.84. The van der Waals surface area contributed by atoms with Crippen molar-refractivity contribution < 1.29 is 19.7 Å². The maximum atomic E-state index is 10.8. The van der Waals surface area contributed by atoms with Crippen LogP contribution in [0.4, 0.5) is 0 Å². The maximum Gasteiger partial charge on any atom is 0.0951 e. The number of aliphatic hydroxyl groups is 2. The second kappa shape index (κ2) is 7.43. The van der Waals surface area contributed by atoms with Crippen LogP contribution < -0.4 is 0 Å². The molecule has 4 aliphatic carbocycles. The highest BCUT2D eigenvalue weighted by Crippen LogP contribution is 2.73. The fraction of sp³-hybridized carbons (Fsp3) is 1.00. The van der Waals surface area contributed by atoms with Gasteiger partial charge in [-0.05, 0) is 107 Å². The fourth-order valence-corrected chi connectivity index (χ4v) is 9.08. The van der Waals surface area contributed by atoms with E-state index in [4.69, 9.17) is 9.47 Å². The number of hydrogen-bond acceptors (Lipinski definition) is 4. The third-order valence-electron chi connectivity index (χ3n) is 9.92. The Hall–Kier alpha value is -0.160. The van der Waals surface area contributed by atoms with Gasteiger partial charge in [0.1, 0.15) is 0 Å². The summed E-state index contributed by atoms with van der Waals surface area (Å²) in [6.45, 7) is 16.1. The van der Waals surface area contributed by atoms with Gasteiger partial charge in [-0.25, -0.2) is 0 Å². The van der Waals surface area contributed by atoms with Crippen molar-refractivity contribution in [2.45, 2.75) is 123 Å². The first-order valence-corrected chi connectivity index (χ1v) is 12.5. The molecule has 0 unspecified atom stereocenters. The van der Waals surface area contributed by atoms with Gasteiger partial charge in [-0.15, -0.1) is 0 Å². The predicted octanol–water partition coefficient (Wildman–Crippen LogP) is 4.95. The van der Waals surface area contributed by atoms with Crippen LogP contribution in [0, 0.1) is 34.0 Å². The quantitative estimate of drug-likeness (QED) is 0.658. The second-order valence-corrected chi connectivity index (χ2v) is 12.8. The van der Waals surface area contributed by atoms with Gasteiger partial charge in [0, 0.05) is 0 Å². The smallest absolute Gasteiger partial charge is 0.0951 e. The van der Waals surface area contributed by atoms with Crippen LogP contribution in [-0.4, -0.2) is 46.8 Å². The molecule has 1 spiro atoms. The Labute approximate surface area is 184 Å². The molecule has 8 atom stereocenters. The molecule has 0 aromatic rings. The molecule has 4 fully saturated rings. The van der Waals surface area contributed by atoms with E-state index in [0.29, 0.717) is 29.8 Å². The van der Waals surface area contributed by atoms with Gasteiger partial charge in [0.25, 0.3) is 0 Å². The lowest BCUT2D eigenvalue weighted by Crippen LogP contribution is -2.63. The molecule has 0 radical (unpaired) electrons. The van der Waals surface area contributed by atoms with E-state index in [-0.39, 0.29) is 28.6 Å². The molecule has 0 aliphatic heterocycles. The van der Waals surface area contributed by atoms with Crippen molar-refractivity contribution in [3.8, 4) is 0 Å². The van der Waals surface area contributed by atoms with Crippen LogP contribution >= 0.6 is 0 Å². The summed E-state index contributed by atoms with van der Waals surface area (Å²) >= 11 is 0. The summed E-state index contributed by atoms with van der Waals surface area (Å²) in [6, 6.07) is 0. The van der Waals surface area contributed by atoms with E-state index in [0.717, 1.165) is 19.3 Å². The Bertz CT molecular complexity index is 645. The molecular formula is C26H46O4. The SMILES string of the molecule is CC(C)OC[C@@]1(OC(C)C)C[C@@]23CC[C@H]4C(C)(C)[C@H](O)[C@H](O)C[C@]4(C)[C@H]2CC[C@@H]1C3. The zero-order valence-electron chi connectivity index (χ0n) is 20.4. The van der Waals surface area contributed by atoms with Crippen molar-refractivity contribution in [1.29, 1.82) is 0 Å². The van der Waals surface area contributed by atoms with Crippen molar-refractivity contribution in [2.24, 2.45) is 34.0 Å². The Morgan fingerprint density at radius 1 is 0.900 bits per heavy atom. The van der Waals surface area contributed by atoms with Crippen LogP contribution in [0.15, 0.2) is 0 Å². The Kier molecular flexibility index (Phi) is 5.70. The topological polar surface area (TPSA) is 58.9 Å². The van der Waals surface area contributed by atoms with E-state index >= 15 is 0 Å². The van der Waals surface area contributed by atoms with Crippen molar-refractivity contribution in [2.75, 3.05) is 6.61 Å². The highest BCUT2D eigenvalue weighted by atomic mass is 16.6. The van der Waals surface area contributed by atoms with Crippen LogP contribution in [0.25, 0.3) is 0 Å². The largest absolute Gasteiger partial charge is 0.390 e. The molecule has 4 nitrogen and oxygen atoms in total. The lowest BCUT2D eigenvalue weighted by atomic mass is 9.40. The van der Waals surface area contributed by atoms with E-state index in [1.807, 2.05) is 0 Å². The van der Waals surface area contributed by atoms with Gasteiger partial charge in [-0.1, -0.05) is 20.8 Å². The predicted molar refractivity (Wildman–Crippen MR) is 119 cm³/mol. The zero-order valence-corrected chi connectivity index (χ0v) is 20.4. The van der Waals surface area contributed by atoms with Crippen LogP contribution in [0.5, 0.6) is 0 Å². The number of hydrogen-bond donors (Lipinski definition) is 2. The summed E-state index contributed by atoms with van der Waals surface area (Å²) in [4.78, 5) is 0. The first kappa shape index (κ1) is 23.0. The first-order valence-electron chi connectivity index (χ1n) is 12.5. The summed E-state index contributed by atoms with van der Waals surface area (Å²) in [5.74, 6) is 1.63. The van der Waals surface area contributed by atoms with Crippen LogP contribution in [0.1, 0.15) is 93.4 Å². The average molecular weight is 423 g/mol. The molecule has 4 rings (SSSR count). The van der Waals surface area contributed by atoms with E-state index in [1.54, 1.807) is 0 Å². The molecule has 4 aliphatic rings. The molecule has 2 bridgehead atoms. The zero-order chi connectivity index (χ0) is 22.1. The molecular weight excluding hydrogens is 376 g/mol. The van der Waals surface area contributed by atoms with Gasteiger partial charge in [-0.2, -0.15) is 0 Å². The monoisotopic (exact) mass is 422 g/mol. The molecule has 0 saturated heterocycles. The molecule has 4 heteroatoms. The third-order valence-corrected chi connectivity index (χ3v) is 9.92. The Morgan fingerprint density at radius 3 is 2.23 bits per heavy atom. The van der Waals surface area contributed by atoms with Crippen molar-refractivity contribution in [3.63, 3.8) is 0 Å². The van der Waals surface area contributed by atoms with Crippen LogP contribution in [-0.2, 0) is 9.47 Å². The summed E-state index contributed by atoms with van der Waals surface area (Å²) < 4.78 is 13.0. The second-order valence-electron chi connectivity index (χ2n) is 12.8. The van der Waals surface area contributed by atoms with Crippen molar-refractivity contribution >= 4 is 0 Å². The molecule has 0 aromatic carbocycles. The van der Waals surface area contributed by atoms with Crippen molar-refractivity contribution in [3.05, 3.63) is 0 Å². The van der Waals surface area contributed by atoms with E-state index in [1.165, 1.54) is 25.7 Å². The van der Waals surface area contributed by atoms with Crippen LogP contribution in [0.2, 0.25) is 0 Å². The minimum absolute atomic E-state index is 0.0815. The summed E-state index contributed by atoms with van der Waals surface area (Å²) in [6.07, 6.45) is 7.06. The minimum Gasteiger partial charge on any atom is -0.390 e. The summed E-state index contributed by atoms with van der Waals surface area (Å²) in [5.41, 5.74) is -0.0336. The van der Waals surface area contributed by atoms with Gasteiger partial charge in [0.2, 0.25) is 0 Å². The van der Waals surface area contributed by atoms with E-state index in [2.05, 4.69) is 48.5 Å². The molecule has 0 aromatic heterocycles. The lowest BCUT2D eigenvalue weighted by Gasteiger charge is -2.65. The first-order chi connectivity index (χ1) is 13.9. The van der Waals surface area contributed by atoms with Gasteiger partial charge < -0.3 is 19.7 Å². The number of fused-ring (bicyclic) bond motifs is 3. The lowest BCUT2D eigenvalue weighted by molar-refractivity contribution is -0.218. The van der Waals surface area contributed by atoms with Crippen LogP contribution in [0.3, 0.4) is 0 Å². The highest BCUT2D eigenvalue weighted by molar-refractivity contribution is 5.19. The Morgan fingerprint density at radius 2 is 1.60 bits per heavy atom. The minimum atomic E-state index is -0.618. The van der Waals surface area contributed by atoms with Gasteiger partial charge >= 0.3 is 0 Å². The molecule has 30 heavy (non-hydrogen) atoms. The van der Waals surface area contributed by atoms with E-state index < -0.39 is 12.2 Å². The highest BCUT2D eigenvalue weighted by Gasteiger charge is 2.69. The molecule has 0 heterocycles. The van der Waals surface area contributed by atoms with Gasteiger partial charge in [0.15, 0.2) is 0 Å². The summed E-state index contributed by atoms with van der Waals surface area (Å²) in [7, 11) is 0.